The van der Waals surface area contributed by atoms with Crippen LogP contribution in [0.5, 0.6) is 5.75 Å². The van der Waals surface area contributed by atoms with E-state index in [1.54, 1.807) is 6.07 Å². The second-order valence-corrected chi connectivity index (χ2v) is 9.19. The number of ketones is 2. The Bertz CT molecular complexity index is 1270. The minimum Gasteiger partial charge on any atom is -0.511 e. The van der Waals surface area contributed by atoms with Gasteiger partial charge in [0.1, 0.15) is 22.8 Å². The van der Waals surface area contributed by atoms with Crippen LogP contribution < -0.4 is 5.73 Å². The normalized spacial score (nSPS) is 27.2. The first-order valence-corrected chi connectivity index (χ1v) is 10.9. The maximum absolute atomic E-state index is 13.5. The van der Waals surface area contributed by atoms with Crippen LogP contribution in [0.4, 0.5) is 0 Å². The largest absolute Gasteiger partial charge is 0.511 e. The number of allylic oxidation sites excluding steroid dienone is 2. The second kappa shape index (κ2) is 6.78. The number of rotatable bonds is 2. The molecule has 0 fully saturated rings. The fraction of sp³-hybridized carbons (Fsp3) is 0.261. The molecule has 3 atom stereocenters. The summed E-state index contributed by atoms with van der Waals surface area (Å²) in [7, 11) is 0. The van der Waals surface area contributed by atoms with Crippen molar-refractivity contribution in [2.75, 3.05) is 0 Å². The lowest BCUT2D eigenvalue weighted by molar-refractivity contribution is -0.144. The van der Waals surface area contributed by atoms with Crippen molar-refractivity contribution >= 4 is 28.8 Å². The molecule has 0 unspecified atom stereocenters. The number of phenols is 1. The van der Waals surface area contributed by atoms with Gasteiger partial charge < -0.3 is 26.2 Å². The van der Waals surface area contributed by atoms with Crippen LogP contribution in [0.25, 0.3) is 11.1 Å². The number of fused-ring (bicyclic) bond motifs is 3. The average molecular weight is 453 g/mol. The van der Waals surface area contributed by atoms with Gasteiger partial charge >= 0.3 is 0 Å². The molecule has 5 rings (SSSR count). The summed E-state index contributed by atoms with van der Waals surface area (Å²) < 4.78 is 0. The number of benzene rings is 1. The Morgan fingerprint density at radius 3 is 2.53 bits per heavy atom. The van der Waals surface area contributed by atoms with Crippen molar-refractivity contribution in [2.45, 2.75) is 24.9 Å². The first-order chi connectivity index (χ1) is 15.2. The number of thiophene rings is 1. The summed E-state index contributed by atoms with van der Waals surface area (Å²) in [5.41, 5.74) is 4.03. The summed E-state index contributed by atoms with van der Waals surface area (Å²) in [4.78, 5) is 38.1. The smallest absolute Gasteiger partial charge is 0.255 e. The minimum atomic E-state index is -2.55. The first-order valence-electron chi connectivity index (χ1n) is 10.0. The summed E-state index contributed by atoms with van der Waals surface area (Å²) >= 11 is 1.49. The highest BCUT2D eigenvalue weighted by Crippen LogP contribution is 2.52. The highest BCUT2D eigenvalue weighted by Gasteiger charge is 2.59. The van der Waals surface area contributed by atoms with E-state index in [1.165, 1.54) is 17.4 Å². The molecule has 8 nitrogen and oxygen atoms in total. The Balaban J connectivity index is 1.70. The average Bonchev–Trinajstić information content (AvgIpc) is 3.25. The Kier molecular flexibility index (Phi) is 4.34. The third-order valence-electron chi connectivity index (χ3n) is 6.78. The molecule has 9 heteroatoms. The van der Waals surface area contributed by atoms with Crippen LogP contribution in [0.1, 0.15) is 28.8 Å². The molecule has 0 radical (unpaired) electrons. The number of primary amides is 1. The van der Waals surface area contributed by atoms with E-state index in [1.807, 2.05) is 16.8 Å². The molecule has 1 aromatic carbocycles. The molecule has 1 amide bonds. The zero-order chi connectivity index (χ0) is 22.9. The quantitative estimate of drug-likeness (QED) is 0.436. The lowest BCUT2D eigenvalue weighted by Crippen LogP contribution is -2.57. The molecule has 3 aliphatic rings. The number of hydrogen-bond donors (Lipinski definition) is 5. The first kappa shape index (κ1) is 20.5. The number of hydrogen-bond acceptors (Lipinski definition) is 8. The van der Waals surface area contributed by atoms with Crippen molar-refractivity contribution in [3.05, 3.63) is 62.8 Å². The molecular formula is C23H19NO7S. The molecule has 6 N–H and O–H groups in total. The van der Waals surface area contributed by atoms with Gasteiger partial charge in [0.25, 0.3) is 5.91 Å². The van der Waals surface area contributed by atoms with E-state index in [0.717, 1.165) is 11.1 Å². The van der Waals surface area contributed by atoms with Gasteiger partial charge in [-0.05, 0) is 58.3 Å². The van der Waals surface area contributed by atoms with Crippen molar-refractivity contribution in [3.63, 3.8) is 0 Å². The van der Waals surface area contributed by atoms with E-state index in [4.69, 9.17) is 5.73 Å². The van der Waals surface area contributed by atoms with Gasteiger partial charge in [0, 0.05) is 17.9 Å². The van der Waals surface area contributed by atoms with Crippen LogP contribution in [0.15, 0.2) is 51.6 Å². The third-order valence-corrected chi connectivity index (χ3v) is 7.46. The lowest BCUT2D eigenvalue weighted by Gasteiger charge is -2.45. The Morgan fingerprint density at radius 2 is 1.88 bits per heavy atom. The van der Waals surface area contributed by atoms with Crippen molar-refractivity contribution in [1.82, 2.24) is 0 Å². The van der Waals surface area contributed by atoms with Gasteiger partial charge in [0.05, 0.1) is 5.56 Å². The summed E-state index contributed by atoms with van der Waals surface area (Å²) in [5.74, 6) is -6.25. The van der Waals surface area contributed by atoms with E-state index in [-0.39, 0.29) is 36.1 Å². The van der Waals surface area contributed by atoms with Crippen molar-refractivity contribution in [2.24, 2.45) is 17.6 Å². The fourth-order valence-corrected chi connectivity index (χ4v) is 5.96. The molecule has 32 heavy (non-hydrogen) atoms. The number of amides is 1. The number of Topliss-reactive ketones (excluding diaryl/α,β-unsaturated/α-hetero) is 2. The predicted octanol–water partition coefficient (Wildman–Crippen LogP) is 2.31. The Hall–Kier alpha value is -3.43. The molecule has 0 saturated heterocycles. The molecule has 0 saturated carbocycles. The van der Waals surface area contributed by atoms with Gasteiger partial charge in [-0.3, -0.25) is 14.4 Å². The zero-order valence-electron chi connectivity index (χ0n) is 16.7. The maximum atomic E-state index is 13.5. The number of aliphatic hydroxyl groups is 3. The van der Waals surface area contributed by atoms with Gasteiger partial charge in [0.15, 0.2) is 11.4 Å². The minimum absolute atomic E-state index is 0.0188. The summed E-state index contributed by atoms with van der Waals surface area (Å²) in [6.45, 7) is 0. The monoisotopic (exact) mass is 453 g/mol. The number of nitrogens with two attached hydrogens (primary N) is 1. The van der Waals surface area contributed by atoms with Crippen LogP contribution in [-0.2, 0) is 16.0 Å². The topological polar surface area (TPSA) is 158 Å². The highest BCUT2D eigenvalue weighted by molar-refractivity contribution is 7.08. The van der Waals surface area contributed by atoms with E-state index in [9.17, 15) is 34.8 Å². The van der Waals surface area contributed by atoms with E-state index in [0.29, 0.717) is 5.56 Å². The number of carbonyl (C=O) groups excluding carboxylic acids is 3. The van der Waals surface area contributed by atoms with E-state index >= 15 is 0 Å². The van der Waals surface area contributed by atoms with Gasteiger partial charge in [-0.15, -0.1) is 0 Å². The van der Waals surface area contributed by atoms with E-state index < -0.39 is 52.0 Å². The number of aromatic hydroxyl groups is 1. The van der Waals surface area contributed by atoms with Crippen molar-refractivity contribution in [3.8, 4) is 16.9 Å². The van der Waals surface area contributed by atoms with Crippen LogP contribution >= 0.6 is 11.3 Å². The van der Waals surface area contributed by atoms with Gasteiger partial charge in [-0.1, -0.05) is 6.07 Å². The van der Waals surface area contributed by atoms with Crippen LogP contribution in [0.3, 0.4) is 0 Å². The molecule has 3 aliphatic carbocycles. The molecular weight excluding hydrogens is 434 g/mol. The Labute approximate surface area is 185 Å². The molecule has 164 valence electrons. The van der Waals surface area contributed by atoms with Crippen LogP contribution in [-0.4, -0.2) is 43.5 Å². The van der Waals surface area contributed by atoms with Gasteiger partial charge in [-0.2, -0.15) is 11.3 Å². The molecule has 1 aromatic heterocycles. The summed E-state index contributed by atoms with van der Waals surface area (Å²) in [5, 5.41) is 46.7. The predicted molar refractivity (Wildman–Crippen MR) is 114 cm³/mol. The SMILES string of the molecule is NC(=O)C1=C(O)C[C@@H]2C[C@@H]3Cc4c(-c5ccsc5)ccc(O)c4C(=O)C3=C(O)[C@]2(O)C1=O. The fourth-order valence-electron chi connectivity index (χ4n) is 5.31. The molecule has 0 aliphatic heterocycles. The number of phenolic OH excluding ortho intramolecular Hbond substituents is 1. The van der Waals surface area contributed by atoms with Gasteiger partial charge in [0.2, 0.25) is 5.78 Å². The molecule has 2 aromatic rings. The highest BCUT2D eigenvalue weighted by atomic mass is 32.1. The Morgan fingerprint density at radius 1 is 1.12 bits per heavy atom. The van der Waals surface area contributed by atoms with Crippen LogP contribution in [0.2, 0.25) is 0 Å². The molecule has 0 spiro atoms. The summed E-state index contributed by atoms with van der Waals surface area (Å²) in [6, 6.07) is 5.03. The van der Waals surface area contributed by atoms with Gasteiger partial charge in [-0.25, -0.2) is 0 Å². The number of aliphatic hydroxyl groups excluding tert-OH is 2. The molecule has 0 bridgehead atoms. The van der Waals surface area contributed by atoms with E-state index in [2.05, 4.69) is 0 Å². The van der Waals surface area contributed by atoms with Crippen LogP contribution in [0, 0.1) is 11.8 Å². The maximum Gasteiger partial charge on any atom is 0.255 e. The lowest BCUT2D eigenvalue weighted by atomic mass is 9.60. The number of carbonyl (C=O) groups is 3. The molecule has 1 heterocycles. The summed E-state index contributed by atoms with van der Waals surface area (Å²) in [6.07, 6.45) is 0.155. The standard InChI is InChI=1S/C23H19NO7S/c24-22(30)18-15(26)7-11-5-10-6-13-12(9-3-4-32-8-9)1-2-14(25)17(13)19(27)16(10)20(28)23(11,31)21(18)29/h1-4,8,10-11,25-26,28,31H,5-7H2,(H2,24,30)/t10-,11+,23+/m1/s1. The van der Waals surface area contributed by atoms with Crippen molar-refractivity contribution < 1.29 is 34.8 Å². The van der Waals surface area contributed by atoms with Crippen molar-refractivity contribution in [1.29, 1.82) is 0 Å². The second-order valence-electron chi connectivity index (χ2n) is 8.41. The third kappa shape index (κ3) is 2.55. The zero-order valence-corrected chi connectivity index (χ0v) is 17.5.